The number of thioether (sulfide) groups is 1. The number of anilines is 1. The Morgan fingerprint density at radius 3 is 2.45 bits per heavy atom. The van der Waals surface area contributed by atoms with Crippen LogP contribution in [-0.4, -0.2) is 70.5 Å². The van der Waals surface area contributed by atoms with Gasteiger partial charge >= 0.3 is 0 Å². The number of ether oxygens (including phenoxy) is 1. The molecular weight excluding hydrogens is 454 g/mol. The maximum atomic E-state index is 13.1. The van der Waals surface area contributed by atoms with Crippen molar-refractivity contribution in [2.45, 2.75) is 9.79 Å². The topological polar surface area (TPSA) is 79.8 Å². The molecule has 10 heteroatoms. The zero-order chi connectivity index (χ0) is 22.6. The summed E-state index contributed by atoms with van der Waals surface area (Å²) in [6, 6.07) is 12.6. The zero-order valence-electron chi connectivity index (χ0n) is 17.9. The second kappa shape index (κ2) is 9.99. The van der Waals surface area contributed by atoms with Crippen LogP contribution in [0.25, 0.3) is 10.2 Å². The number of nitrogens with zero attached hydrogens (tertiary/aromatic N) is 3. The number of amides is 1. The van der Waals surface area contributed by atoms with Crippen molar-refractivity contribution in [1.29, 1.82) is 0 Å². The Kier molecular flexibility index (Phi) is 7.58. The van der Waals surface area contributed by atoms with Gasteiger partial charge in [0.1, 0.15) is 11.3 Å². The van der Waals surface area contributed by atoms with Gasteiger partial charge in [-0.05, 0) is 50.5 Å². The van der Waals surface area contributed by atoms with Crippen molar-refractivity contribution >= 4 is 54.2 Å². The van der Waals surface area contributed by atoms with E-state index in [1.807, 2.05) is 49.3 Å². The number of hydrogen-bond acceptors (Lipinski definition) is 8. The number of para-hydroxylation sites is 1. The Morgan fingerprint density at radius 1 is 1.13 bits per heavy atom. The lowest BCUT2D eigenvalue weighted by Gasteiger charge is -2.21. The number of hydrogen-bond donors (Lipinski definition) is 0. The van der Waals surface area contributed by atoms with E-state index in [1.54, 1.807) is 24.1 Å². The first kappa shape index (κ1) is 23.5. The van der Waals surface area contributed by atoms with Crippen molar-refractivity contribution in [3.8, 4) is 5.75 Å². The molecule has 2 aromatic carbocycles. The number of thiazole rings is 1. The van der Waals surface area contributed by atoms with Crippen LogP contribution >= 0.6 is 23.1 Å². The van der Waals surface area contributed by atoms with Crippen LogP contribution in [0.2, 0.25) is 0 Å². The number of rotatable bonds is 9. The number of aromatic nitrogens is 1. The van der Waals surface area contributed by atoms with Gasteiger partial charge in [0.2, 0.25) is 5.91 Å². The quantitative estimate of drug-likeness (QED) is 0.435. The molecule has 0 fully saturated rings. The Balaban J connectivity index is 1.86. The normalized spacial score (nSPS) is 11.8. The third kappa shape index (κ3) is 5.97. The molecular formula is C21H25N3O4S3. The molecule has 0 aliphatic rings. The summed E-state index contributed by atoms with van der Waals surface area (Å²) in [6.07, 6.45) is 1.17. The number of likely N-dealkylation sites (N-methyl/N-ethyl adjacent to an activating group) is 1. The van der Waals surface area contributed by atoms with Crippen molar-refractivity contribution < 1.29 is 17.9 Å². The SMILES string of the molecule is COc1ccc(SCC(=O)N(CCN(C)C)c2nc3c(S(C)(=O)=O)cccc3s2)cc1. The molecule has 1 aromatic heterocycles. The largest absolute Gasteiger partial charge is 0.497 e. The third-order valence-corrected chi connectivity index (χ3v) is 7.66. The van der Waals surface area contributed by atoms with Crippen LogP contribution in [0.3, 0.4) is 0 Å². The second-order valence-corrected chi connectivity index (χ2v) is 11.2. The van der Waals surface area contributed by atoms with Crippen molar-refractivity contribution in [3.63, 3.8) is 0 Å². The molecule has 1 amide bonds. The van der Waals surface area contributed by atoms with E-state index in [-0.39, 0.29) is 16.6 Å². The van der Waals surface area contributed by atoms with Crippen LogP contribution in [0.5, 0.6) is 5.75 Å². The summed E-state index contributed by atoms with van der Waals surface area (Å²) in [6.45, 7) is 1.12. The van der Waals surface area contributed by atoms with Crippen LogP contribution in [-0.2, 0) is 14.6 Å². The summed E-state index contributed by atoms with van der Waals surface area (Å²) >= 11 is 2.77. The van der Waals surface area contributed by atoms with E-state index in [1.165, 1.54) is 29.4 Å². The fourth-order valence-corrected chi connectivity index (χ4v) is 5.56. The highest BCUT2D eigenvalue weighted by atomic mass is 32.2. The number of carbonyl (C=O) groups excluding carboxylic acids is 1. The summed E-state index contributed by atoms with van der Waals surface area (Å²) < 4.78 is 30.2. The predicted molar refractivity (Wildman–Crippen MR) is 127 cm³/mol. The lowest BCUT2D eigenvalue weighted by atomic mass is 10.3. The molecule has 0 atom stereocenters. The van der Waals surface area contributed by atoms with E-state index < -0.39 is 9.84 Å². The molecule has 0 aliphatic carbocycles. The number of fused-ring (bicyclic) bond motifs is 1. The monoisotopic (exact) mass is 479 g/mol. The first-order chi connectivity index (χ1) is 14.7. The molecule has 0 unspecified atom stereocenters. The molecule has 0 aliphatic heterocycles. The highest BCUT2D eigenvalue weighted by Gasteiger charge is 2.22. The number of benzene rings is 2. The van der Waals surface area contributed by atoms with E-state index >= 15 is 0 Å². The van der Waals surface area contributed by atoms with Gasteiger partial charge in [0.15, 0.2) is 15.0 Å². The first-order valence-corrected chi connectivity index (χ1v) is 13.2. The molecule has 166 valence electrons. The van der Waals surface area contributed by atoms with Crippen molar-refractivity contribution in [3.05, 3.63) is 42.5 Å². The number of methoxy groups -OCH3 is 1. The molecule has 0 bridgehead atoms. The molecule has 0 saturated carbocycles. The predicted octanol–water partition coefficient (Wildman–Crippen LogP) is 3.40. The lowest BCUT2D eigenvalue weighted by molar-refractivity contribution is -0.116. The maximum absolute atomic E-state index is 13.1. The van der Waals surface area contributed by atoms with Gasteiger partial charge in [-0.25, -0.2) is 13.4 Å². The van der Waals surface area contributed by atoms with Crippen LogP contribution in [0.15, 0.2) is 52.3 Å². The van der Waals surface area contributed by atoms with Gasteiger partial charge in [-0.2, -0.15) is 0 Å². The summed E-state index contributed by atoms with van der Waals surface area (Å²) in [5.41, 5.74) is 0.412. The molecule has 0 N–H and O–H groups in total. The van der Waals surface area contributed by atoms with E-state index in [2.05, 4.69) is 4.98 Å². The Labute approximate surface area is 190 Å². The van der Waals surface area contributed by atoms with E-state index in [4.69, 9.17) is 4.74 Å². The van der Waals surface area contributed by atoms with E-state index in [9.17, 15) is 13.2 Å². The van der Waals surface area contributed by atoms with Crippen molar-refractivity contribution in [2.75, 3.05) is 51.2 Å². The van der Waals surface area contributed by atoms with Gasteiger partial charge < -0.3 is 9.64 Å². The van der Waals surface area contributed by atoms with Gasteiger partial charge in [-0.1, -0.05) is 17.4 Å². The molecule has 3 rings (SSSR count). The fraction of sp³-hybridized carbons (Fsp3) is 0.333. The average Bonchev–Trinajstić information content (AvgIpc) is 3.15. The minimum Gasteiger partial charge on any atom is -0.497 e. The van der Waals surface area contributed by atoms with Crippen LogP contribution in [0.1, 0.15) is 0 Å². The molecule has 1 heterocycles. The number of sulfone groups is 1. The van der Waals surface area contributed by atoms with Crippen molar-refractivity contribution in [1.82, 2.24) is 9.88 Å². The summed E-state index contributed by atoms with van der Waals surface area (Å²) in [5, 5.41) is 0.508. The van der Waals surface area contributed by atoms with Gasteiger partial charge in [-0.3, -0.25) is 9.69 Å². The lowest BCUT2D eigenvalue weighted by Crippen LogP contribution is -2.37. The van der Waals surface area contributed by atoms with E-state index in [0.29, 0.717) is 23.7 Å². The zero-order valence-corrected chi connectivity index (χ0v) is 20.3. The average molecular weight is 480 g/mol. The van der Waals surface area contributed by atoms with E-state index in [0.717, 1.165) is 15.3 Å². The molecule has 31 heavy (non-hydrogen) atoms. The maximum Gasteiger partial charge on any atom is 0.239 e. The number of carbonyl (C=O) groups is 1. The Morgan fingerprint density at radius 2 is 1.84 bits per heavy atom. The van der Waals surface area contributed by atoms with Crippen LogP contribution in [0.4, 0.5) is 5.13 Å². The van der Waals surface area contributed by atoms with Crippen molar-refractivity contribution in [2.24, 2.45) is 0 Å². The summed E-state index contributed by atoms with van der Waals surface area (Å²) in [4.78, 5) is 22.5. The highest BCUT2D eigenvalue weighted by molar-refractivity contribution is 8.00. The standard InChI is InChI=1S/C21H25N3O4S3/c1-23(2)12-13-24(19(25)14-29-16-10-8-15(28-3)9-11-16)21-22-20-17(30-21)6-5-7-18(20)31(4,26)27/h5-11H,12-14H2,1-4H3. The molecule has 7 nitrogen and oxygen atoms in total. The molecule has 3 aromatic rings. The van der Waals surface area contributed by atoms with Gasteiger partial charge in [0, 0.05) is 24.2 Å². The Hall–Kier alpha value is -2.14. The van der Waals surface area contributed by atoms with Gasteiger partial charge in [-0.15, -0.1) is 11.8 Å². The Bertz CT molecular complexity index is 1160. The molecule has 0 radical (unpaired) electrons. The fourth-order valence-electron chi connectivity index (χ4n) is 2.85. The van der Waals surface area contributed by atoms with Gasteiger partial charge in [0.25, 0.3) is 0 Å². The minimum atomic E-state index is -3.42. The molecule has 0 spiro atoms. The first-order valence-electron chi connectivity index (χ1n) is 9.50. The minimum absolute atomic E-state index is 0.0809. The van der Waals surface area contributed by atoms with Crippen LogP contribution < -0.4 is 9.64 Å². The highest BCUT2D eigenvalue weighted by Crippen LogP contribution is 2.33. The third-order valence-electron chi connectivity index (χ3n) is 4.49. The summed E-state index contributed by atoms with van der Waals surface area (Å²) in [5.74, 6) is 0.927. The van der Waals surface area contributed by atoms with Crippen LogP contribution in [0, 0.1) is 0 Å². The van der Waals surface area contributed by atoms with Gasteiger partial charge in [0.05, 0.1) is 22.5 Å². The second-order valence-electron chi connectivity index (χ2n) is 7.18. The molecule has 0 saturated heterocycles. The summed E-state index contributed by atoms with van der Waals surface area (Å²) in [7, 11) is 2.07. The smallest absolute Gasteiger partial charge is 0.239 e.